The van der Waals surface area contributed by atoms with E-state index in [2.05, 4.69) is 35.2 Å². The van der Waals surface area contributed by atoms with E-state index in [0.29, 0.717) is 6.04 Å². The molecule has 0 unspecified atom stereocenters. The molecule has 0 spiro atoms. The number of rotatable bonds is 2. The SMILES string of the molecule is CCC1=C2C=CN([C@H]3CN4CCC3CC4)C=C2OC1. The van der Waals surface area contributed by atoms with Gasteiger partial charge in [0.2, 0.25) is 0 Å². The highest BCUT2D eigenvalue weighted by Gasteiger charge is 2.37. The zero-order valence-corrected chi connectivity index (χ0v) is 11.6. The van der Waals surface area contributed by atoms with Crippen LogP contribution in [0.1, 0.15) is 26.2 Å². The molecule has 0 amide bonds. The first-order valence-corrected chi connectivity index (χ1v) is 7.60. The highest BCUT2D eigenvalue weighted by molar-refractivity contribution is 5.46. The summed E-state index contributed by atoms with van der Waals surface area (Å²) in [5, 5.41) is 0. The Balaban J connectivity index is 1.58. The Bertz CT molecular complexity index is 469. The summed E-state index contributed by atoms with van der Waals surface area (Å²) >= 11 is 0. The summed E-state index contributed by atoms with van der Waals surface area (Å²) in [6, 6.07) is 0.655. The number of nitrogens with zero attached hydrogens (tertiary/aromatic N) is 2. The van der Waals surface area contributed by atoms with E-state index in [0.717, 1.165) is 24.7 Å². The van der Waals surface area contributed by atoms with E-state index in [4.69, 9.17) is 4.74 Å². The molecular weight excluding hydrogens is 236 g/mol. The Labute approximate surface area is 115 Å². The number of piperidine rings is 3. The summed E-state index contributed by atoms with van der Waals surface area (Å²) < 4.78 is 5.84. The van der Waals surface area contributed by atoms with Crippen molar-refractivity contribution in [3.8, 4) is 0 Å². The number of allylic oxidation sites excluding steroid dienone is 1. The first-order chi connectivity index (χ1) is 9.35. The van der Waals surface area contributed by atoms with Crippen LogP contribution in [0.15, 0.2) is 35.4 Å². The molecular formula is C16H22N2O. The zero-order chi connectivity index (χ0) is 12.8. The Morgan fingerprint density at radius 3 is 2.84 bits per heavy atom. The van der Waals surface area contributed by atoms with Gasteiger partial charge in [0.05, 0.1) is 0 Å². The third-order valence-corrected chi connectivity index (χ3v) is 5.16. The lowest BCUT2D eigenvalue weighted by atomic mass is 9.83. The minimum absolute atomic E-state index is 0.655. The Hall–Kier alpha value is -1.22. The van der Waals surface area contributed by atoms with Crippen molar-refractivity contribution < 1.29 is 4.74 Å². The van der Waals surface area contributed by atoms with Crippen LogP contribution < -0.4 is 0 Å². The van der Waals surface area contributed by atoms with E-state index >= 15 is 0 Å². The van der Waals surface area contributed by atoms with Gasteiger partial charge in [0.15, 0.2) is 0 Å². The summed E-state index contributed by atoms with van der Waals surface area (Å²) in [4.78, 5) is 5.02. The van der Waals surface area contributed by atoms with E-state index in [9.17, 15) is 0 Å². The second kappa shape index (κ2) is 4.41. The summed E-state index contributed by atoms with van der Waals surface area (Å²) in [7, 11) is 0. The van der Waals surface area contributed by atoms with Crippen LogP contribution in [-0.2, 0) is 4.74 Å². The summed E-state index contributed by atoms with van der Waals surface area (Å²) in [5.74, 6) is 1.96. The van der Waals surface area contributed by atoms with E-state index < -0.39 is 0 Å². The van der Waals surface area contributed by atoms with Gasteiger partial charge < -0.3 is 14.5 Å². The molecule has 0 aromatic carbocycles. The molecule has 19 heavy (non-hydrogen) atoms. The molecule has 3 heteroatoms. The molecule has 0 aliphatic carbocycles. The molecule has 0 radical (unpaired) electrons. The average molecular weight is 258 g/mol. The van der Waals surface area contributed by atoms with Crippen molar-refractivity contribution in [1.29, 1.82) is 0 Å². The minimum Gasteiger partial charge on any atom is -0.487 e. The summed E-state index contributed by atoms with van der Waals surface area (Å²) in [5.41, 5.74) is 2.77. The number of ether oxygens (including phenoxy) is 1. The normalized spacial score (nSPS) is 36.4. The minimum atomic E-state index is 0.655. The van der Waals surface area contributed by atoms with Crippen LogP contribution in [0.5, 0.6) is 0 Å². The first kappa shape index (κ1) is 11.6. The van der Waals surface area contributed by atoms with Crippen LogP contribution in [0.3, 0.4) is 0 Å². The molecule has 102 valence electrons. The molecule has 0 aromatic heterocycles. The van der Waals surface area contributed by atoms with E-state index in [-0.39, 0.29) is 0 Å². The molecule has 0 saturated carbocycles. The standard InChI is InChI=1S/C16H22N2O/c1-2-12-11-19-16-10-18(8-5-14(12)16)15-9-17-6-3-13(15)4-7-17/h5,8,10,13,15H,2-4,6-7,9,11H2,1H3/t15-/m0/s1. The molecule has 3 nitrogen and oxygen atoms in total. The van der Waals surface area contributed by atoms with Crippen molar-refractivity contribution in [2.45, 2.75) is 32.2 Å². The average Bonchev–Trinajstić information content (AvgIpc) is 2.90. The fraction of sp³-hybridized carbons (Fsp3) is 0.625. The van der Waals surface area contributed by atoms with Gasteiger partial charge in [0, 0.05) is 30.6 Å². The largest absolute Gasteiger partial charge is 0.487 e. The van der Waals surface area contributed by atoms with Crippen LogP contribution in [0, 0.1) is 5.92 Å². The number of fused-ring (bicyclic) bond motifs is 4. The van der Waals surface area contributed by atoms with Gasteiger partial charge in [-0.25, -0.2) is 0 Å². The molecule has 5 aliphatic heterocycles. The third-order valence-electron chi connectivity index (χ3n) is 5.16. The van der Waals surface area contributed by atoms with Gasteiger partial charge in [-0.2, -0.15) is 0 Å². The van der Waals surface area contributed by atoms with Gasteiger partial charge in [-0.05, 0) is 49.9 Å². The van der Waals surface area contributed by atoms with Gasteiger partial charge in [-0.3, -0.25) is 0 Å². The van der Waals surface area contributed by atoms with Gasteiger partial charge in [0.25, 0.3) is 0 Å². The predicted octanol–water partition coefficient (Wildman–Crippen LogP) is 2.49. The molecule has 0 N–H and O–H groups in total. The molecule has 2 bridgehead atoms. The molecule has 1 atom stereocenters. The monoisotopic (exact) mass is 258 g/mol. The quantitative estimate of drug-likeness (QED) is 0.757. The molecule has 5 aliphatic rings. The van der Waals surface area contributed by atoms with Crippen LogP contribution in [-0.4, -0.2) is 42.1 Å². The van der Waals surface area contributed by atoms with Gasteiger partial charge in [-0.15, -0.1) is 0 Å². The highest BCUT2D eigenvalue weighted by atomic mass is 16.5. The van der Waals surface area contributed by atoms with Crippen LogP contribution >= 0.6 is 0 Å². The second-order valence-electron chi connectivity index (χ2n) is 6.12. The van der Waals surface area contributed by atoms with Crippen molar-refractivity contribution >= 4 is 0 Å². The number of hydrogen-bond donors (Lipinski definition) is 0. The second-order valence-corrected chi connectivity index (χ2v) is 6.12. The maximum atomic E-state index is 5.84. The van der Waals surface area contributed by atoms with Crippen molar-refractivity contribution in [2.75, 3.05) is 26.2 Å². The molecule has 3 saturated heterocycles. The fourth-order valence-corrected chi connectivity index (χ4v) is 3.91. The lowest BCUT2D eigenvalue weighted by molar-refractivity contribution is 0.0399. The topological polar surface area (TPSA) is 15.7 Å². The van der Waals surface area contributed by atoms with Crippen LogP contribution in [0.4, 0.5) is 0 Å². The Morgan fingerprint density at radius 1 is 1.32 bits per heavy atom. The maximum Gasteiger partial charge on any atom is 0.143 e. The third kappa shape index (κ3) is 1.83. The van der Waals surface area contributed by atoms with E-state index in [1.54, 1.807) is 0 Å². The molecule has 0 aromatic rings. The van der Waals surface area contributed by atoms with E-state index in [1.165, 1.54) is 43.6 Å². The summed E-state index contributed by atoms with van der Waals surface area (Å²) in [6.07, 6.45) is 10.6. The maximum absolute atomic E-state index is 5.84. The molecule has 5 rings (SSSR count). The lowest BCUT2D eigenvalue weighted by Gasteiger charge is -2.48. The van der Waals surface area contributed by atoms with Crippen molar-refractivity contribution in [3.05, 3.63) is 35.4 Å². The Kier molecular flexibility index (Phi) is 2.69. The Morgan fingerprint density at radius 2 is 2.16 bits per heavy atom. The zero-order valence-electron chi connectivity index (χ0n) is 11.6. The molecule has 5 heterocycles. The fourth-order valence-electron chi connectivity index (χ4n) is 3.91. The van der Waals surface area contributed by atoms with Crippen molar-refractivity contribution in [1.82, 2.24) is 9.80 Å². The van der Waals surface area contributed by atoms with Gasteiger partial charge >= 0.3 is 0 Å². The van der Waals surface area contributed by atoms with Crippen molar-refractivity contribution in [2.24, 2.45) is 5.92 Å². The lowest BCUT2D eigenvalue weighted by Crippen LogP contribution is -2.55. The molecule has 3 fully saturated rings. The smallest absolute Gasteiger partial charge is 0.143 e. The van der Waals surface area contributed by atoms with Crippen LogP contribution in [0.2, 0.25) is 0 Å². The first-order valence-electron chi connectivity index (χ1n) is 7.60. The predicted molar refractivity (Wildman–Crippen MR) is 75.3 cm³/mol. The van der Waals surface area contributed by atoms with Gasteiger partial charge in [0.1, 0.15) is 12.4 Å². The van der Waals surface area contributed by atoms with Crippen molar-refractivity contribution in [3.63, 3.8) is 0 Å². The van der Waals surface area contributed by atoms with Crippen LogP contribution in [0.25, 0.3) is 0 Å². The van der Waals surface area contributed by atoms with E-state index in [1.807, 2.05) is 0 Å². The summed E-state index contributed by atoms with van der Waals surface area (Å²) in [6.45, 7) is 6.82. The number of hydrogen-bond acceptors (Lipinski definition) is 3. The highest BCUT2D eigenvalue weighted by Crippen LogP contribution is 2.36. The van der Waals surface area contributed by atoms with Gasteiger partial charge in [-0.1, -0.05) is 6.92 Å².